The van der Waals surface area contributed by atoms with Crippen molar-refractivity contribution in [1.82, 2.24) is 15.3 Å². The van der Waals surface area contributed by atoms with Crippen LogP contribution in [0.3, 0.4) is 0 Å². The molecular formula is C16H22N4O. The summed E-state index contributed by atoms with van der Waals surface area (Å²) in [6.07, 6.45) is 6.38. The molecule has 0 saturated carbocycles. The largest absolute Gasteiger partial charge is 0.356 e. The van der Waals surface area contributed by atoms with Crippen LogP contribution in [0, 0.1) is 0 Å². The zero-order valence-corrected chi connectivity index (χ0v) is 12.1. The summed E-state index contributed by atoms with van der Waals surface area (Å²) in [4.78, 5) is 18.9. The Balaban J connectivity index is 1.59. The van der Waals surface area contributed by atoms with Crippen molar-refractivity contribution >= 4 is 5.91 Å². The fourth-order valence-electron chi connectivity index (χ4n) is 2.16. The normalized spacial score (nSPS) is 12.0. The van der Waals surface area contributed by atoms with Gasteiger partial charge in [-0.25, -0.2) is 4.98 Å². The number of H-pyrrole nitrogens is 1. The first-order valence-electron chi connectivity index (χ1n) is 7.31. The highest BCUT2D eigenvalue weighted by molar-refractivity contribution is 5.75. The lowest BCUT2D eigenvalue weighted by Gasteiger charge is -2.11. The van der Waals surface area contributed by atoms with E-state index in [9.17, 15) is 4.79 Å². The van der Waals surface area contributed by atoms with Crippen LogP contribution in [0.25, 0.3) is 0 Å². The van der Waals surface area contributed by atoms with E-state index in [1.807, 2.05) is 30.3 Å². The van der Waals surface area contributed by atoms with E-state index >= 15 is 0 Å². The van der Waals surface area contributed by atoms with Gasteiger partial charge in [-0.2, -0.15) is 0 Å². The van der Waals surface area contributed by atoms with Crippen molar-refractivity contribution in [2.24, 2.45) is 5.73 Å². The molecule has 5 nitrogen and oxygen atoms in total. The molecule has 1 heterocycles. The van der Waals surface area contributed by atoms with E-state index in [0.717, 1.165) is 24.2 Å². The van der Waals surface area contributed by atoms with Gasteiger partial charge in [0.15, 0.2) is 0 Å². The minimum atomic E-state index is -0.0833. The number of benzene rings is 1. The highest BCUT2D eigenvalue weighted by atomic mass is 16.1. The van der Waals surface area contributed by atoms with Gasteiger partial charge in [-0.05, 0) is 18.4 Å². The van der Waals surface area contributed by atoms with Crippen molar-refractivity contribution in [3.05, 3.63) is 54.1 Å². The number of carbonyl (C=O) groups excluding carboxylic acids is 1. The topological polar surface area (TPSA) is 83.8 Å². The number of nitrogens with two attached hydrogens (primary N) is 1. The predicted molar refractivity (Wildman–Crippen MR) is 82.5 cm³/mol. The molecule has 0 aliphatic carbocycles. The van der Waals surface area contributed by atoms with Crippen LogP contribution in [-0.4, -0.2) is 22.4 Å². The molecule has 0 bridgehead atoms. The second-order valence-corrected chi connectivity index (χ2v) is 5.05. The zero-order chi connectivity index (χ0) is 14.9. The second-order valence-electron chi connectivity index (χ2n) is 5.05. The summed E-state index contributed by atoms with van der Waals surface area (Å²) in [6.45, 7) is 0.667. The molecule has 0 aliphatic rings. The van der Waals surface area contributed by atoms with E-state index in [2.05, 4.69) is 15.3 Å². The number of hydrogen-bond acceptors (Lipinski definition) is 3. The third-order valence-electron chi connectivity index (χ3n) is 3.38. The summed E-state index contributed by atoms with van der Waals surface area (Å²) in [6, 6.07) is 9.79. The SMILES string of the molecule is NC(CCC(=O)NCCCc1ncc[nH]1)c1ccccc1. The number of aromatic amines is 1. The number of amides is 1. The number of imidazole rings is 1. The van der Waals surface area contributed by atoms with Crippen molar-refractivity contribution in [2.75, 3.05) is 6.54 Å². The maximum absolute atomic E-state index is 11.8. The highest BCUT2D eigenvalue weighted by Gasteiger charge is 2.08. The molecule has 1 aromatic carbocycles. The molecule has 0 aliphatic heterocycles. The summed E-state index contributed by atoms with van der Waals surface area (Å²) < 4.78 is 0. The Morgan fingerprint density at radius 1 is 1.33 bits per heavy atom. The molecule has 1 atom stereocenters. The van der Waals surface area contributed by atoms with Crippen LogP contribution in [0.2, 0.25) is 0 Å². The van der Waals surface area contributed by atoms with E-state index in [-0.39, 0.29) is 11.9 Å². The van der Waals surface area contributed by atoms with Crippen molar-refractivity contribution in [2.45, 2.75) is 31.7 Å². The molecule has 0 fully saturated rings. The van der Waals surface area contributed by atoms with Crippen LogP contribution in [0.5, 0.6) is 0 Å². The molecule has 2 aromatic rings. The maximum atomic E-state index is 11.8. The van der Waals surface area contributed by atoms with Crippen molar-refractivity contribution in [3.8, 4) is 0 Å². The number of nitrogens with zero attached hydrogens (tertiary/aromatic N) is 1. The Morgan fingerprint density at radius 2 is 2.14 bits per heavy atom. The van der Waals surface area contributed by atoms with Crippen molar-refractivity contribution in [1.29, 1.82) is 0 Å². The van der Waals surface area contributed by atoms with Gasteiger partial charge in [-0.3, -0.25) is 4.79 Å². The van der Waals surface area contributed by atoms with Crippen LogP contribution in [0.4, 0.5) is 0 Å². The monoisotopic (exact) mass is 286 g/mol. The predicted octanol–water partition coefficient (Wildman–Crippen LogP) is 1.94. The standard InChI is InChI=1S/C16H22N4O/c17-14(13-5-2-1-3-6-13)8-9-16(21)20-10-4-7-15-18-11-12-19-15/h1-3,5-6,11-12,14H,4,7-10,17H2,(H,18,19)(H,20,21). The molecule has 4 N–H and O–H groups in total. The summed E-state index contributed by atoms with van der Waals surface area (Å²) in [5.41, 5.74) is 7.14. The van der Waals surface area contributed by atoms with E-state index in [1.54, 1.807) is 12.4 Å². The van der Waals surface area contributed by atoms with Crippen LogP contribution in [-0.2, 0) is 11.2 Å². The Kier molecular flexibility index (Phi) is 5.97. The Labute approximate surface area is 125 Å². The summed E-state index contributed by atoms with van der Waals surface area (Å²) in [5.74, 6) is 1.01. The van der Waals surface area contributed by atoms with Gasteiger partial charge in [0.05, 0.1) is 0 Å². The van der Waals surface area contributed by atoms with Crippen molar-refractivity contribution in [3.63, 3.8) is 0 Å². The second kappa shape index (κ2) is 8.21. The summed E-state index contributed by atoms with van der Waals surface area (Å²) in [5, 5.41) is 2.92. The molecule has 0 spiro atoms. The fourth-order valence-corrected chi connectivity index (χ4v) is 2.16. The van der Waals surface area contributed by atoms with Crippen LogP contribution < -0.4 is 11.1 Å². The van der Waals surface area contributed by atoms with E-state index < -0.39 is 0 Å². The lowest BCUT2D eigenvalue weighted by molar-refractivity contribution is -0.121. The van der Waals surface area contributed by atoms with Gasteiger partial charge >= 0.3 is 0 Å². The number of rotatable bonds is 8. The zero-order valence-electron chi connectivity index (χ0n) is 12.1. The van der Waals surface area contributed by atoms with Gasteiger partial charge in [0.2, 0.25) is 5.91 Å². The molecule has 5 heteroatoms. The molecule has 0 radical (unpaired) electrons. The number of aryl methyl sites for hydroxylation is 1. The third kappa shape index (κ3) is 5.39. The number of carbonyl (C=O) groups is 1. The van der Waals surface area contributed by atoms with Gasteiger partial charge in [-0.15, -0.1) is 0 Å². The molecule has 2 rings (SSSR count). The molecule has 1 unspecified atom stereocenters. The number of hydrogen-bond donors (Lipinski definition) is 3. The van der Waals surface area contributed by atoms with Crippen molar-refractivity contribution < 1.29 is 4.79 Å². The van der Waals surface area contributed by atoms with Gasteiger partial charge < -0.3 is 16.0 Å². The lowest BCUT2D eigenvalue weighted by atomic mass is 10.0. The lowest BCUT2D eigenvalue weighted by Crippen LogP contribution is -2.25. The maximum Gasteiger partial charge on any atom is 0.220 e. The molecule has 21 heavy (non-hydrogen) atoms. The Hall–Kier alpha value is -2.14. The van der Waals surface area contributed by atoms with E-state index in [1.165, 1.54) is 0 Å². The highest BCUT2D eigenvalue weighted by Crippen LogP contribution is 2.14. The molecule has 0 saturated heterocycles. The fraction of sp³-hybridized carbons (Fsp3) is 0.375. The van der Waals surface area contributed by atoms with Gasteiger partial charge in [0, 0.05) is 37.8 Å². The number of aromatic nitrogens is 2. The first-order chi connectivity index (χ1) is 10.3. The van der Waals surface area contributed by atoms with Gasteiger partial charge in [0.1, 0.15) is 5.82 Å². The van der Waals surface area contributed by atoms with Crippen LogP contribution in [0.15, 0.2) is 42.7 Å². The van der Waals surface area contributed by atoms with E-state index in [4.69, 9.17) is 5.73 Å². The summed E-state index contributed by atoms with van der Waals surface area (Å²) in [7, 11) is 0. The average Bonchev–Trinajstić information content (AvgIpc) is 3.03. The Morgan fingerprint density at radius 3 is 2.86 bits per heavy atom. The Bertz CT molecular complexity index is 524. The minimum absolute atomic E-state index is 0.0563. The molecule has 1 aromatic heterocycles. The summed E-state index contributed by atoms with van der Waals surface area (Å²) >= 11 is 0. The third-order valence-corrected chi connectivity index (χ3v) is 3.38. The molecule has 112 valence electrons. The average molecular weight is 286 g/mol. The quantitative estimate of drug-likeness (QED) is 0.648. The van der Waals surface area contributed by atoms with Gasteiger partial charge in [-0.1, -0.05) is 30.3 Å². The van der Waals surface area contributed by atoms with Crippen LogP contribution in [0.1, 0.15) is 36.7 Å². The van der Waals surface area contributed by atoms with Crippen LogP contribution >= 0.6 is 0 Å². The van der Waals surface area contributed by atoms with E-state index in [0.29, 0.717) is 19.4 Å². The first-order valence-corrected chi connectivity index (χ1v) is 7.31. The molecular weight excluding hydrogens is 264 g/mol. The van der Waals surface area contributed by atoms with Gasteiger partial charge in [0.25, 0.3) is 0 Å². The first kappa shape index (κ1) is 15.3. The smallest absolute Gasteiger partial charge is 0.220 e. The molecule has 1 amide bonds. The number of nitrogens with one attached hydrogen (secondary N) is 2. The minimum Gasteiger partial charge on any atom is -0.356 e.